The van der Waals surface area contributed by atoms with Crippen molar-refractivity contribution in [3.8, 4) is 0 Å². The molecule has 0 amide bonds. The molecule has 0 spiro atoms. The van der Waals surface area contributed by atoms with Gasteiger partial charge in [-0.15, -0.1) is 22.9 Å². The fraction of sp³-hybridized carbons (Fsp3) is 0.222. The number of ketones is 1. The fourth-order valence-corrected chi connectivity index (χ4v) is 1.72. The van der Waals surface area contributed by atoms with E-state index in [-0.39, 0.29) is 5.78 Å². The van der Waals surface area contributed by atoms with Gasteiger partial charge in [-0.25, -0.2) is 0 Å². The smallest absolute Gasteiger partial charge is 0.169 e. The van der Waals surface area contributed by atoms with Crippen LogP contribution in [0.25, 0.3) is 6.08 Å². The standard InChI is InChI=1S/C9H9ClOS/c1-7(11)9-5-4-8(12-9)3-2-6-10/h2-5H,6H2,1H3. The lowest BCUT2D eigenvalue weighted by atomic mass is 10.3. The number of Topliss-reactive ketones (excluding diaryl/α,β-unsaturated/α-hetero) is 1. The van der Waals surface area contributed by atoms with Crippen molar-refractivity contribution in [2.24, 2.45) is 0 Å². The van der Waals surface area contributed by atoms with Crippen molar-refractivity contribution in [1.82, 2.24) is 0 Å². The number of hydrogen-bond donors (Lipinski definition) is 0. The van der Waals surface area contributed by atoms with Gasteiger partial charge in [-0.1, -0.05) is 6.08 Å². The lowest BCUT2D eigenvalue weighted by molar-refractivity contribution is 0.102. The second-order valence-corrected chi connectivity index (χ2v) is 3.74. The molecule has 1 aromatic rings. The third kappa shape index (κ3) is 2.47. The van der Waals surface area contributed by atoms with Gasteiger partial charge in [-0.2, -0.15) is 0 Å². The Morgan fingerprint density at radius 2 is 2.42 bits per heavy atom. The molecule has 0 aliphatic carbocycles. The van der Waals surface area contributed by atoms with Gasteiger partial charge in [0.15, 0.2) is 5.78 Å². The normalized spacial score (nSPS) is 10.8. The Balaban J connectivity index is 2.77. The first-order valence-corrected chi connectivity index (χ1v) is 4.92. The minimum Gasteiger partial charge on any atom is -0.294 e. The minimum atomic E-state index is 0.116. The molecule has 0 aromatic carbocycles. The van der Waals surface area contributed by atoms with Crippen LogP contribution in [-0.2, 0) is 0 Å². The molecule has 0 N–H and O–H groups in total. The van der Waals surface area contributed by atoms with Crippen LogP contribution < -0.4 is 0 Å². The molecule has 0 radical (unpaired) electrons. The number of rotatable bonds is 3. The molecule has 0 saturated heterocycles. The van der Waals surface area contributed by atoms with Crippen LogP contribution in [-0.4, -0.2) is 11.7 Å². The van der Waals surface area contributed by atoms with E-state index in [1.165, 1.54) is 11.3 Å². The predicted octanol–water partition coefficient (Wildman–Crippen LogP) is 3.20. The Hall–Kier alpha value is -0.600. The molecular formula is C9H9ClOS. The fourth-order valence-electron chi connectivity index (χ4n) is 0.792. The van der Waals surface area contributed by atoms with E-state index in [4.69, 9.17) is 11.6 Å². The summed E-state index contributed by atoms with van der Waals surface area (Å²) in [6.45, 7) is 1.57. The molecule has 0 unspecified atom stereocenters. The first kappa shape index (κ1) is 9.49. The van der Waals surface area contributed by atoms with Crippen molar-refractivity contribution in [1.29, 1.82) is 0 Å². The first-order valence-electron chi connectivity index (χ1n) is 3.57. The molecule has 0 bridgehead atoms. The van der Waals surface area contributed by atoms with Crippen LogP contribution >= 0.6 is 22.9 Å². The molecule has 12 heavy (non-hydrogen) atoms. The van der Waals surface area contributed by atoms with Crippen molar-refractivity contribution >= 4 is 34.8 Å². The maximum atomic E-state index is 10.9. The van der Waals surface area contributed by atoms with Crippen molar-refractivity contribution in [2.45, 2.75) is 6.92 Å². The lowest BCUT2D eigenvalue weighted by Gasteiger charge is -1.83. The van der Waals surface area contributed by atoms with Crippen LogP contribution in [0.3, 0.4) is 0 Å². The van der Waals surface area contributed by atoms with Gasteiger partial charge in [0.25, 0.3) is 0 Å². The molecule has 0 atom stereocenters. The van der Waals surface area contributed by atoms with E-state index in [0.717, 1.165) is 9.75 Å². The second kappa shape index (κ2) is 4.43. The maximum absolute atomic E-state index is 10.9. The Labute approximate surface area is 80.7 Å². The summed E-state index contributed by atoms with van der Waals surface area (Å²) in [6, 6.07) is 3.76. The Morgan fingerprint density at radius 3 is 2.92 bits per heavy atom. The molecule has 0 aliphatic rings. The van der Waals surface area contributed by atoms with Gasteiger partial charge in [0.05, 0.1) is 4.88 Å². The third-order valence-electron chi connectivity index (χ3n) is 1.34. The molecule has 0 aliphatic heterocycles. The topological polar surface area (TPSA) is 17.1 Å². The number of thiophene rings is 1. The molecule has 1 heterocycles. The minimum absolute atomic E-state index is 0.116. The van der Waals surface area contributed by atoms with E-state index in [0.29, 0.717) is 5.88 Å². The molecule has 3 heteroatoms. The van der Waals surface area contributed by atoms with Crippen LogP contribution in [0.15, 0.2) is 18.2 Å². The lowest BCUT2D eigenvalue weighted by Crippen LogP contribution is -1.83. The number of carbonyl (C=O) groups is 1. The summed E-state index contributed by atoms with van der Waals surface area (Å²) in [4.78, 5) is 12.8. The Bertz CT molecular complexity index is 301. The van der Waals surface area contributed by atoms with E-state index in [2.05, 4.69) is 0 Å². The van der Waals surface area contributed by atoms with E-state index >= 15 is 0 Å². The maximum Gasteiger partial charge on any atom is 0.169 e. The monoisotopic (exact) mass is 200 g/mol. The molecule has 0 saturated carbocycles. The summed E-state index contributed by atoms with van der Waals surface area (Å²) in [5.74, 6) is 0.623. The average Bonchev–Trinajstić information content (AvgIpc) is 2.48. The van der Waals surface area contributed by atoms with Crippen molar-refractivity contribution in [3.63, 3.8) is 0 Å². The Kier molecular flexibility index (Phi) is 3.50. The quantitative estimate of drug-likeness (QED) is 0.541. The highest BCUT2D eigenvalue weighted by molar-refractivity contribution is 7.14. The number of hydrogen-bond acceptors (Lipinski definition) is 2. The van der Waals surface area contributed by atoms with Crippen molar-refractivity contribution in [2.75, 3.05) is 5.88 Å². The summed E-state index contributed by atoms with van der Waals surface area (Å²) in [7, 11) is 0. The van der Waals surface area contributed by atoms with E-state index in [1.54, 1.807) is 6.92 Å². The average molecular weight is 201 g/mol. The summed E-state index contributed by atoms with van der Waals surface area (Å²) >= 11 is 6.96. The zero-order valence-corrected chi connectivity index (χ0v) is 8.28. The van der Waals surface area contributed by atoms with Crippen molar-refractivity contribution in [3.05, 3.63) is 28.0 Å². The number of allylic oxidation sites excluding steroid dienone is 1. The molecule has 1 rings (SSSR count). The van der Waals surface area contributed by atoms with Gasteiger partial charge < -0.3 is 0 Å². The highest BCUT2D eigenvalue weighted by atomic mass is 35.5. The van der Waals surface area contributed by atoms with Crippen LogP contribution in [0.1, 0.15) is 21.5 Å². The van der Waals surface area contributed by atoms with E-state index in [1.807, 2.05) is 24.3 Å². The van der Waals surface area contributed by atoms with Gasteiger partial charge in [0, 0.05) is 10.8 Å². The van der Waals surface area contributed by atoms with Crippen molar-refractivity contribution < 1.29 is 4.79 Å². The zero-order valence-electron chi connectivity index (χ0n) is 6.71. The molecule has 0 fully saturated rings. The SMILES string of the molecule is CC(=O)c1ccc(C=CCCl)s1. The Morgan fingerprint density at radius 1 is 1.67 bits per heavy atom. The predicted molar refractivity (Wildman–Crippen MR) is 54.1 cm³/mol. The van der Waals surface area contributed by atoms with Gasteiger partial charge in [-0.05, 0) is 25.1 Å². The number of alkyl halides is 1. The van der Waals surface area contributed by atoms with Crippen LogP contribution in [0.4, 0.5) is 0 Å². The molecule has 1 nitrogen and oxygen atoms in total. The van der Waals surface area contributed by atoms with Crippen LogP contribution in [0, 0.1) is 0 Å². The number of halogens is 1. The summed E-state index contributed by atoms with van der Waals surface area (Å²) in [5, 5.41) is 0. The molecule has 1 aromatic heterocycles. The van der Waals surface area contributed by atoms with E-state index in [9.17, 15) is 4.79 Å². The zero-order chi connectivity index (χ0) is 8.97. The third-order valence-corrected chi connectivity index (χ3v) is 2.67. The summed E-state index contributed by atoms with van der Waals surface area (Å²) in [6.07, 6.45) is 3.78. The van der Waals surface area contributed by atoms with Gasteiger partial charge in [0.2, 0.25) is 0 Å². The van der Waals surface area contributed by atoms with Gasteiger partial charge in [0.1, 0.15) is 0 Å². The van der Waals surface area contributed by atoms with Gasteiger partial charge in [-0.3, -0.25) is 4.79 Å². The second-order valence-electron chi connectivity index (χ2n) is 2.31. The molecular weight excluding hydrogens is 192 g/mol. The largest absolute Gasteiger partial charge is 0.294 e. The first-order chi connectivity index (χ1) is 5.74. The van der Waals surface area contributed by atoms with E-state index < -0.39 is 0 Å². The highest BCUT2D eigenvalue weighted by Crippen LogP contribution is 2.18. The van der Waals surface area contributed by atoms with Crippen LogP contribution in [0.5, 0.6) is 0 Å². The van der Waals surface area contributed by atoms with Gasteiger partial charge >= 0.3 is 0 Å². The number of carbonyl (C=O) groups excluding carboxylic acids is 1. The highest BCUT2D eigenvalue weighted by Gasteiger charge is 2.00. The summed E-state index contributed by atoms with van der Waals surface area (Å²) in [5.41, 5.74) is 0. The van der Waals surface area contributed by atoms with Crippen LogP contribution in [0.2, 0.25) is 0 Å². The molecule has 64 valence electrons. The summed E-state index contributed by atoms with van der Waals surface area (Å²) < 4.78 is 0.